The molecule has 0 aliphatic heterocycles. The van der Waals surface area contributed by atoms with E-state index in [1.165, 1.54) is 5.39 Å². The third-order valence-corrected chi connectivity index (χ3v) is 2.06. The minimum absolute atomic E-state index is 0. The summed E-state index contributed by atoms with van der Waals surface area (Å²) in [5, 5.41) is 9.58. The molecule has 3 heteroatoms. The lowest BCUT2D eigenvalue weighted by molar-refractivity contribution is 1.43. The highest BCUT2D eigenvalue weighted by Crippen LogP contribution is 2.14. The van der Waals surface area contributed by atoms with Crippen molar-refractivity contribution in [3.8, 4) is 0 Å². The largest absolute Gasteiger partial charge is 0.384 e. The molecule has 0 heterocycles. The van der Waals surface area contributed by atoms with Gasteiger partial charge in [-0.1, -0.05) is 36.4 Å². The highest BCUT2D eigenvalue weighted by Gasteiger charge is 1.97. The monoisotopic (exact) mass is 206 g/mol. The summed E-state index contributed by atoms with van der Waals surface area (Å²) in [4.78, 5) is 0. The van der Waals surface area contributed by atoms with Crippen LogP contribution in [0.1, 0.15) is 5.56 Å². The average Bonchev–Trinajstić information content (AvgIpc) is 2.17. The molecule has 0 spiro atoms. The number of benzene rings is 2. The van der Waals surface area contributed by atoms with E-state index >= 15 is 0 Å². The van der Waals surface area contributed by atoms with Gasteiger partial charge in [0.05, 0.1) is 0 Å². The number of rotatable bonds is 1. The molecular formula is C11H11ClN2. The number of hydrogen-bond donors (Lipinski definition) is 2. The van der Waals surface area contributed by atoms with Crippen LogP contribution >= 0.6 is 12.4 Å². The van der Waals surface area contributed by atoms with Crippen molar-refractivity contribution in [3.05, 3.63) is 48.0 Å². The summed E-state index contributed by atoms with van der Waals surface area (Å²) in [6, 6.07) is 13.8. The zero-order valence-corrected chi connectivity index (χ0v) is 8.34. The summed E-state index contributed by atoms with van der Waals surface area (Å²) in [5.74, 6) is 0.116. The first-order valence-corrected chi connectivity index (χ1v) is 4.10. The maximum absolute atomic E-state index is 7.29. The Hall–Kier alpha value is -1.54. The average molecular weight is 207 g/mol. The number of nitrogen functional groups attached to an aromatic ring is 1. The fourth-order valence-electron chi connectivity index (χ4n) is 1.36. The molecule has 72 valence electrons. The summed E-state index contributed by atoms with van der Waals surface area (Å²) in [6.07, 6.45) is 0. The molecule has 0 fully saturated rings. The molecule has 0 saturated carbocycles. The second-order valence-electron chi connectivity index (χ2n) is 2.98. The van der Waals surface area contributed by atoms with E-state index in [9.17, 15) is 0 Å². The van der Waals surface area contributed by atoms with E-state index in [4.69, 9.17) is 11.1 Å². The quantitative estimate of drug-likeness (QED) is 0.547. The van der Waals surface area contributed by atoms with Crippen molar-refractivity contribution < 1.29 is 0 Å². The summed E-state index contributed by atoms with van der Waals surface area (Å²) >= 11 is 0. The Bertz CT molecular complexity index is 466. The Balaban J connectivity index is 0.000000980. The zero-order chi connectivity index (χ0) is 9.26. The van der Waals surface area contributed by atoms with Gasteiger partial charge in [-0.25, -0.2) is 0 Å². The fraction of sp³-hybridized carbons (Fsp3) is 0. The number of amidine groups is 1. The molecule has 0 saturated heterocycles. The van der Waals surface area contributed by atoms with Crippen LogP contribution in [0, 0.1) is 5.41 Å². The van der Waals surface area contributed by atoms with Gasteiger partial charge in [0.25, 0.3) is 0 Å². The second kappa shape index (κ2) is 4.11. The summed E-state index contributed by atoms with van der Waals surface area (Å²) in [5.41, 5.74) is 6.16. The number of nitrogens with one attached hydrogen (secondary N) is 1. The van der Waals surface area contributed by atoms with E-state index in [1.807, 2.05) is 42.5 Å². The van der Waals surface area contributed by atoms with Gasteiger partial charge in [-0.15, -0.1) is 12.4 Å². The topological polar surface area (TPSA) is 49.9 Å². The summed E-state index contributed by atoms with van der Waals surface area (Å²) in [6.45, 7) is 0. The van der Waals surface area contributed by atoms with Crippen molar-refractivity contribution in [2.24, 2.45) is 5.73 Å². The number of halogens is 1. The van der Waals surface area contributed by atoms with E-state index in [2.05, 4.69) is 0 Å². The zero-order valence-electron chi connectivity index (χ0n) is 7.53. The Morgan fingerprint density at radius 2 is 1.64 bits per heavy atom. The van der Waals surface area contributed by atoms with Crippen molar-refractivity contribution in [1.82, 2.24) is 0 Å². The van der Waals surface area contributed by atoms with Gasteiger partial charge in [0, 0.05) is 5.56 Å². The first-order chi connectivity index (χ1) is 6.27. The summed E-state index contributed by atoms with van der Waals surface area (Å²) < 4.78 is 0. The molecule has 0 atom stereocenters. The molecule has 0 unspecified atom stereocenters. The first-order valence-electron chi connectivity index (χ1n) is 4.10. The van der Waals surface area contributed by atoms with Crippen LogP contribution in [0.25, 0.3) is 10.8 Å². The van der Waals surface area contributed by atoms with Gasteiger partial charge in [0.2, 0.25) is 0 Å². The third kappa shape index (κ3) is 1.86. The van der Waals surface area contributed by atoms with Gasteiger partial charge in [-0.2, -0.15) is 0 Å². The van der Waals surface area contributed by atoms with E-state index < -0.39 is 0 Å². The molecule has 2 aromatic rings. The highest BCUT2D eigenvalue weighted by atomic mass is 35.5. The van der Waals surface area contributed by atoms with Crippen LogP contribution < -0.4 is 5.73 Å². The molecule has 3 N–H and O–H groups in total. The molecule has 0 radical (unpaired) electrons. The van der Waals surface area contributed by atoms with Crippen LogP contribution in [0.4, 0.5) is 0 Å². The molecule has 0 aromatic heterocycles. The molecule has 2 aromatic carbocycles. The first kappa shape index (κ1) is 10.5. The smallest absolute Gasteiger partial charge is 0.122 e. The Morgan fingerprint density at radius 1 is 1.00 bits per heavy atom. The van der Waals surface area contributed by atoms with Crippen LogP contribution in [-0.2, 0) is 0 Å². The molecule has 0 amide bonds. The van der Waals surface area contributed by atoms with Crippen LogP contribution in [0.2, 0.25) is 0 Å². The fourth-order valence-corrected chi connectivity index (χ4v) is 1.36. The van der Waals surface area contributed by atoms with Crippen LogP contribution in [0.3, 0.4) is 0 Å². The minimum Gasteiger partial charge on any atom is -0.384 e. The van der Waals surface area contributed by atoms with Crippen molar-refractivity contribution in [2.75, 3.05) is 0 Å². The van der Waals surface area contributed by atoms with Crippen molar-refractivity contribution in [1.29, 1.82) is 5.41 Å². The van der Waals surface area contributed by atoms with Gasteiger partial charge in [0.15, 0.2) is 0 Å². The standard InChI is InChI=1S/C11H10N2.ClH/c12-11(13)10-6-5-8-3-1-2-4-9(8)7-10;/h1-7H,(H3,12,13);1H. The van der Waals surface area contributed by atoms with Crippen LogP contribution in [-0.4, -0.2) is 5.84 Å². The van der Waals surface area contributed by atoms with Crippen molar-refractivity contribution in [3.63, 3.8) is 0 Å². The lowest BCUT2D eigenvalue weighted by atomic mass is 10.1. The number of fused-ring (bicyclic) bond motifs is 1. The van der Waals surface area contributed by atoms with Gasteiger partial charge < -0.3 is 5.73 Å². The van der Waals surface area contributed by atoms with Gasteiger partial charge in [-0.3, -0.25) is 5.41 Å². The van der Waals surface area contributed by atoms with Gasteiger partial charge in [0.1, 0.15) is 5.84 Å². The lowest BCUT2D eigenvalue weighted by Gasteiger charge is -2.00. The predicted octanol–water partition coefficient (Wildman–Crippen LogP) is 2.55. The molecular weight excluding hydrogens is 196 g/mol. The Labute approximate surface area is 88.7 Å². The van der Waals surface area contributed by atoms with E-state index in [0.29, 0.717) is 0 Å². The maximum atomic E-state index is 7.29. The Morgan fingerprint density at radius 3 is 2.29 bits per heavy atom. The summed E-state index contributed by atoms with van der Waals surface area (Å²) in [7, 11) is 0. The van der Waals surface area contributed by atoms with Crippen LogP contribution in [0.5, 0.6) is 0 Å². The SMILES string of the molecule is Cl.N=C(N)c1ccc2ccccc2c1. The van der Waals surface area contributed by atoms with Gasteiger partial charge >= 0.3 is 0 Å². The predicted molar refractivity (Wildman–Crippen MR) is 62.2 cm³/mol. The second-order valence-corrected chi connectivity index (χ2v) is 2.98. The molecule has 14 heavy (non-hydrogen) atoms. The number of nitrogens with two attached hydrogens (primary N) is 1. The molecule has 2 nitrogen and oxygen atoms in total. The maximum Gasteiger partial charge on any atom is 0.122 e. The van der Waals surface area contributed by atoms with E-state index in [-0.39, 0.29) is 18.2 Å². The van der Waals surface area contributed by atoms with Crippen molar-refractivity contribution >= 4 is 29.0 Å². The van der Waals surface area contributed by atoms with Crippen molar-refractivity contribution in [2.45, 2.75) is 0 Å². The van der Waals surface area contributed by atoms with E-state index in [0.717, 1.165) is 10.9 Å². The molecule has 0 bridgehead atoms. The van der Waals surface area contributed by atoms with E-state index in [1.54, 1.807) is 0 Å². The molecule has 0 aliphatic carbocycles. The minimum atomic E-state index is 0. The van der Waals surface area contributed by atoms with Crippen LogP contribution in [0.15, 0.2) is 42.5 Å². The highest BCUT2D eigenvalue weighted by molar-refractivity contribution is 5.99. The molecule has 2 rings (SSSR count). The number of hydrogen-bond acceptors (Lipinski definition) is 1. The normalized spacial score (nSPS) is 9.43. The third-order valence-electron chi connectivity index (χ3n) is 2.06. The molecule has 0 aliphatic rings. The lowest BCUT2D eigenvalue weighted by Crippen LogP contribution is -2.10. The Kier molecular flexibility index (Phi) is 3.10. The van der Waals surface area contributed by atoms with Gasteiger partial charge in [-0.05, 0) is 16.8 Å².